The number of amides is 1. The molecule has 1 N–H and O–H groups in total. The number of halogens is 1. The Labute approximate surface area is 169 Å². The molecule has 3 aromatic rings. The molecule has 0 atom stereocenters. The number of carbonyl (C=O) groups is 1. The summed E-state index contributed by atoms with van der Waals surface area (Å²) in [6.45, 7) is 4.01. The standard InChI is InChI=1S/C22H22ClN3O2/c1-15-12-18(16(2)26(15)21-7-5-4-6-20(21)23)14-24-25-22(27)13-17-8-10-19(28-3)11-9-17/h4-12,14H,13H2,1-3H3,(H,25,27)/b24-14-. The number of rotatable bonds is 6. The number of carbonyl (C=O) groups excluding carboxylic acids is 1. The van der Waals surface area contributed by atoms with E-state index in [1.807, 2.05) is 68.4 Å². The van der Waals surface area contributed by atoms with E-state index in [0.29, 0.717) is 5.02 Å². The van der Waals surface area contributed by atoms with Crippen LogP contribution in [0.5, 0.6) is 5.75 Å². The van der Waals surface area contributed by atoms with Crippen LogP contribution in [0.1, 0.15) is 22.5 Å². The maximum Gasteiger partial charge on any atom is 0.244 e. The molecule has 0 aliphatic carbocycles. The zero-order valence-corrected chi connectivity index (χ0v) is 16.8. The second-order valence-electron chi connectivity index (χ2n) is 6.43. The van der Waals surface area contributed by atoms with Gasteiger partial charge >= 0.3 is 0 Å². The highest BCUT2D eigenvalue weighted by atomic mass is 35.5. The lowest BCUT2D eigenvalue weighted by molar-refractivity contribution is -0.120. The van der Waals surface area contributed by atoms with Gasteiger partial charge in [-0.25, -0.2) is 5.43 Å². The first-order valence-corrected chi connectivity index (χ1v) is 9.26. The molecule has 0 spiro atoms. The van der Waals surface area contributed by atoms with Crippen LogP contribution in [0.3, 0.4) is 0 Å². The summed E-state index contributed by atoms with van der Waals surface area (Å²) in [4.78, 5) is 12.1. The molecule has 0 aliphatic rings. The van der Waals surface area contributed by atoms with E-state index in [4.69, 9.17) is 16.3 Å². The lowest BCUT2D eigenvalue weighted by Gasteiger charge is -2.11. The number of benzene rings is 2. The minimum Gasteiger partial charge on any atom is -0.497 e. The highest BCUT2D eigenvalue weighted by Gasteiger charge is 2.11. The van der Waals surface area contributed by atoms with Gasteiger partial charge in [0, 0.05) is 17.0 Å². The first-order valence-electron chi connectivity index (χ1n) is 8.88. The van der Waals surface area contributed by atoms with Gasteiger partial charge in [-0.3, -0.25) is 4.79 Å². The highest BCUT2D eigenvalue weighted by molar-refractivity contribution is 6.32. The van der Waals surface area contributed by atoms with Gasteiger partial charge in [-0.05, 0) is 49.7 Å². The van der Waals surface area contributed by atoms with Crippen LogP contribution in [0.2, 0.25) is 5.02 Å². The Kier molecular flexibility index (Phi) is 6.16. The van der Waals surface area contributed by atoms with Gasteiger partial charge in [-0.2, -0.15) is 5.10 Å². The van der Waals surface area contributed by atoms with Crippen molar-refractivity contribution in [2.24, 2.45) is 5.10 Å². The molecule has 144 valence electrons. The maximum atomic E-state index is 12.1. The number of hydrogen-bond acceptors (Lipinski definition) is 3. The normalized spacial score (nSPS) is 11.0. The molecule has 1 aromatic heterocycles. The average molecular weight is 396 g/mol. The minimum absolute atomic E-state index is 0.179. The summed E-state index contributed by atoms with van der Waals surface area (Å²) in [5.74, 6) is 0.581. The number of hydrogen-bond donors (Lipinski definition) is 1. The first kappa shape index (κ1) is 19.7. The molecular weight excluding hydrogens is 374 g/mol. The van der Waals surface area contributed by atoms with Crippen molar-refractivity contribution in [1.82, 2.24) is 9.99 Å². The number of aromatic nitrogens is 1. The summed E-state index contributed by atoms with van der Waals surface area (Å²) in [5.41, 5.74) is 7.35. The highest BCUT2D eigenvalue weighted by Crippen LogP contribution is 2.25. The van der Waals surface area contributed by atoms with E-state index in [9.17, 15) is 4.79 Å². The Bertz CT molecular complexity index is 1010. The third-order valence-corrected chi connectivity index (χ3v) is 4.80. The fourth-order valence-corrected chi connectivity index (χ4v) is 3.28. The maximum absolute atomic E-state index is 12.1. The van der Waals surface area contributed by atoms with Crippen LogP contribution in [0.15, 0.2) is 59.7 Å². The molecule has 2 aromatic carbocycles. The minimum atomic E-state index is -0.179. The molecular formula is C22H22ClN3O2. The molecule has 0 aliphatic heterocycles. The van der Waals surface area contributed by atoms with Gasteiger partial charge in [0.2, 0.25) is 5.91 Å². The van der Waals surface area contributed by atoms with Crippen molar-refractivity contribution in [3.05, 3.63) is 82.1 Å². The third kappa shape index (κ3) is 4.43. The fraction of sp³-hybridized carbons (Fsp3) is 0.182. The van der Waals surface area contributed by atoms with Crippen LogP contribution in [0.4, 0.5) is 0 Å². The van der Waals surface area contributed by atoms with E-state index in [1.165, 1.54) is 0 Å². The molecule has 3 rings (SSSR count). The predicted molar refractivity (Wildman–Crippen MR) is 113 cm³/mol. The predicted octanol–water partition coefficient (Wildman–Crippen LogP) is 4.45. The van der Waals surface area contributed by atoms with Crippen molar-refractivity contribution in [3.8, 4) is 11.4 Å². The Balaban J connectivity index is 1.68. The molecule has 1 amide bonds. The van der Waals surface area contributed by atoms with Gasteiger partial charge in [-0.15, -0.1) is 0 Å². The summed E-state index contributed by atoms with van der Waals surface area (Å²) in [7, 11) is 1.61. The summed E-state index contributed by atoms with van der Waals surface area (Å²) < 4.78 is 7.19. The Morgan fingerprint density at radius 2 is 1.89 bits per heavy atom. The quantitative estimate of drug-likeness (QED) is 0.495. The smallest absolute Gasteiger partial charge is 0.244 e. The molecule has 0 fully saturated rings. The van der Waals surface area contributed by atoms with Gasteiger partial charge in [0.1, 0.15) is 5.75 Å². The van der Waals surface area contributed by atoms with Crippen molar-refractivity contribution in [3.63, 3.8) is 0 Å². The second-order valence-corrected chi connectivity index (χ2v) is 6.84. The summed E-state index contributed by atoms with van der Waals surface area (Å²) >= 11 is 6.33. The van der Waals surface area contributed by atoms with E-state index >= 15 is 0 Å². The Hall–Kier alpha value is -3.05. The van der Waals surface area contributed by atoms with Crippen LogP contribution in [0.25, 0.3) is 5.69 Å². The van der Waals surface area contributed by atoms with Crippen molar-refractivity contribution in [1.29, 1.82) is 0 Å². The molecule has 1 heterocycles. The van der Waals surface area contributed by atoms with Crippen LogP contribution < -0.4 is 10.2 Å². The van der Waals surface area contributed by atoms with E-state index in [2.05, 4.69) is 15.1 Å². The Morgan fingerprint density at radius 3 is 2.57 bits per heavy atom. The van der Waals surface area contributed by atoms with E-state index < -0.39 is 0 Å². The fourth-order valence-electron chi connectivity index (χ4n) is 3.06. The molecule has 6 heteroatoms. The van der Waals surface area contributed by atoms with Crippen molar-refractivity contribution in [2.75, 3.05) is 7.11 Å². The average Bonchev–Trinajstić information content (AvgIpc) is 2.96. The van der Waals surface area contributed by atoms with Gasteiger partial charge in [-0.1, -0.05) is 35.9 Å². The lowest BCUT2D eigenvalue weighted by Crippen LogP contribution is -2.19. The van der Waals surface area contributed by atoms with Crippen LogP contribution in [-0.4, -0.2) is 23.8 Å². The summed E-state index contributed by atoms with van der Waals surface area (Å²) in [6, 6.07) is 17.1. The Morgan fingerprint density at radius 1 is 1.18 bits per heavy atom. The van der Waals surface area contributed by atoms with Crippen molar-refractivity contribution >= 4 is 23.7 Å². The van der Waals surface area contributed by atoms with Gasteiger partial charge in [0.05, 0.1) is 30.5 Å². The van der Waals surface area contributed by atoms with Crippen molar-refractivity contribution in [2.45, 2.75) is 20.3 Å². The molecule has 28 heavy (non-hydrogen) atoms. The molecule has 0 bridgehead atoms. The number of para-hydroxylation sites is 1. The lowest BCUT2D eigenvalue weighted by atomic mass is 10.1. The zero-order valence-electron chi connectivity index (χ0n) is 16.1. The van der Waals surface area contributed by atoms with E-state index in [-0.39, 0.29) is 12.3 Å². The van der Waals surface area contributed by atoms with Crippen LogP contribution in [-0.2, 0) is 11.2 Å². The largest absolute Gasteiger partial charge is 0.497 e. The molecule has 0 unspecified atom stereocenters. The monoisotopic (exact) mass is 395 g/mol. The number of methoxy groups -OCH3 is 1. The zero-order chi connectivity index (χ0) is 20.1. The number of ether oxygens (including phenoxy) is 1. The summed E-state index contributed by atoms with van der Waals surface area (Å²) in [6.07, 6.45) is 1.90. The second kappa shape index (κ2) is 8.76. The van der Waals surface area contributed by atoms with Gasteiger partial charge < -0.3 is 9.30 Å². The molecule has 0 saturated heterocycles. The van der Waals surface area contributed by atoms with Crippen molar-refractivity contribution < 1.29 is 9.53 Å². The SMILES string of the molecule is COc1ccc(CC(=O)N/N=C\c2cc(C)n(-c3ccccc3Cl)c2C)cc1. The molecule has 0 saturated carbocycles. The van der Waals surface area contributed by atoms with E-state index in [1.54, 1.807) is 13.3 Å². The molecule has 5 nitrogen and oxygen atoms in total. The molecule has 0 radical (unpaired) electrons. The van der Waals surface area contributed by atoms with E-state index in [0.717, 1.165) is 34.0 Å². The topological polar surface area (TPSA) is 55.6 Å². The third-order valence-electron chi connectivity index (χ3n) is 4.48. The first-order chi connectivity index (χ1) is 13.5. The van der Waals surface area contributed by atoms with Crippen LogP contribution >= 0.6 is 11.6 Å². The summed E-state index contributed by atoms with van der Waals surface area (Å²) in [5, 5.41) is 4.79. The number of nitrogens with zero attached hydrogens (tertiary/aromatic N) is 2. The number of nitrogens with one attached hydrogen (secondary N) is 1. The number of hydrazone groups is 1. The van der Waals surface area contributed by atoms with Gasteiger partial charge in [0.15, 0.2) is 0 Å². The van der Waals surface area contributed by atoms with Gasteiger partial charge in [0.25, 0.3) is 0 Å². The number of aryl methyl sites for hydroxylation is 1. The van der Waals surface area contributed by atoms with Crippen LogP contribution in [0, 0.1) is 13.8 Å².